The van der Waals surface area contributed by atoms with Crippen LogP contribution in [0.1, 0.15) is 33.0 Å². The van der Waals surface area contributed by atoms with Gasteiger partial charge in [-0.1, -0.05) is 39.0 Å². The number of nitrogens with zero attached hydrogens (tertiary/aromatic N) is 4. The lowest BCUT2D eigenvalue weighted by atomic mass is 9.96. The quantitative estimate of drug-likeness (QED) is 0.854. The smallest absolute Gasteiger partial charge is 0.164 e. The number of hydrogen-bond donors (Lipinski definition) is 1. The molecule has 1 heterocycles. The number of hydrogen-bond acceptors (Lipinski definition) is 4. The molecular formula is C17H26N4O. The average Bonchev–Trinajstić information content (AvgIpc) is 2.93. The van der Waals surface area contributed by atoms with Crippen molar-refractivity contribution < 1.29 is 5.11 Å². The second-order valence-electron chi connectivity index (χ2n) is 6.79. The molecule has 0 saturated heterocycles. The number of para-hydroxylation sites is 1. The van der Waals surface area contributed by atoms with E-state index >= 15 is 0 Å². The molecule has 0 spiro atoms. The van der Waals surface area contributed by atoms with Crippen molar-refractivity contribution in [3.63, 3.8) is 0 Å². The Morgan fingerprint density at radius 1 is 1.18 bits per heavy atom. The van der Waals surface area contributed by atoms with Crippen LogP contribution < -0.4 is 0 Å². The number of benzene rings is 1. The van der Waals surface area contributed by atoms with Gasteiger partial charge in [0.1, 0.15) is 6.33 Å². The van der Waals surface area contributed by atoms with Crippen LogP contribution >= 0.6 is 0 Å². The Morgan fingerprint density at radius 2 is 1.91 bits per heavy atom. The van der Waals surface area contributed by atoms with Crippen molar-refractivity contribution in [2.45, 2.75) is 33.7 Å². The Hall–Kier alpha value is -1.72. The molecule has 2 aromatic rings. The number of aliphatic hydroxyl groups is 1. The zero-order valence-electron chi connectivity index (χ0n) is 13.7. The highest BCUT2D eigenvalue weighted by atomic mass is 16.3. The number of aliphatic hydroxyl groups excluding tert-OH is 1. The predicted molar refractivity (Wildman–Crippen MR) is 87.8 cm³/mol. The van der Waals surface area contributed by atoms with Crippen molar-refractivity contribution in [3.8, 4) is 5.69 Å². The highest BCUT2D eigenvalue weighted by Crippen LogP contribution is 2.17. The van der Waals surface area contributed by atoms with Crippen LogP contribution in [0.3, 0.4) is 0 Å². The van der Waals surface area contributed by atoms with E-state index in [4.69, 9.17) is 5.11 Å². The molecule has 5 nitrogen and oxygen atoms in total. The maximum absolute atomic E-state index is 9.07. The van der Waals surface area contributed by atoms with E-state index in [-0.39, 0.29) is 12.0 Å². The minimum atomic E-state index is 0.206. The van der Waals surface area contributed by atoms with Crippen LogP contribution in [0.4, 0.5) is 0 Å². The topological polar surface area (TPSA) is 54.2 Å². The van der Waals surface area contributed by atoms with Crippen molar-refractivity contribution in [3.05, 3.63) is 42.5 Å². The van der Waals surface area contributed by atoms with Gasteiger partial charge in [0.05, 0.1) is 12.2 Å². The van der Waals surface area contributed by atoms with Gasteiger partial charge >= 0.3 is 0 Å². The first-order valence-electron chi connectivity index (χ1n) is 7.77. The third kappa shape index (κ3) is 5.24. The molecule has 0 bridgehead atoms. The van der Waals surface area contributed by atoms with Gasteiger partial charge in [-0.25, -0.2) is 9.67 Å². The van der Waals surface area contributed by atoms with Crippen LogP contribution in [-0.2, 0) is 6.54 Å². The fraction of sp³-hybridized carbons (Fsp3) is 0.529. The summed E-state index contributed by atoms with van der Waals surface area (Å²) in [5, 5.41) is 13.6. The van der Waals surface area contributed by atoms with Crippen LogP contribution in [-0.4, -0.2) is 44.5 Å². The second-order valence-corrected chi connectivity index (χ2v) is 6.79. The monoisotopic (exact) mass is 302 g/mol. The van der Waals surface area contributed by atoms with E-state index in [1.54, 1.807) is 11.0 Å². The van der Waals surface area contributed by atoms with Gasteiger partial charge in [-0.15, -0.1) is 5.10 Å². The summed E-state index contributed by atoms with van der Waals surface area (Å²) in [5.74, 6) is 0.811. The molecule has 1 aromatic heterocycles. The summed E-state index contributed by atoms with van der Waals surface area (Å²) in [7, 11) is 0. The minimum absolute atomic E-state index is 0.206. The summed E-state index contributed by atoms with van der Waals surface area (Å²) in [6.07, 6.45) is 2.53. The SMILES string of the molecule is CC(C)(C)CN(CCCO)Cc1ncn(-c2ccccc2)n1. The summed E-state index contributed by atoms with van der Waals surface area (Å²) in [5.41, 5.74) is 1.22. The second kappa shape index (κ2) is 7.51. The fourth-order valence-corrected chi connectivity index (χ4v) is 2.45. The van der Waals surface area contributed by atoms with Gasteiger partial charge in [-0.2, -0.15) is 0 Å². The van der Waals surface area contributed by atoms with E-state index in [0.29, 0.717) is 6.54 Å². The lowest BCUT2D eigenvalue weighted by Crippen LogP contribution is -2.33. The molecule has 120 valence electrons. The van der Waals surface area contributed by atoms with Crippen molar-refractivity contribution >= 4 is 0 Å². The van der Waals surface area contributed by atoms with Gasteiger partial charge in [0.2, 0.25) is 0 Å². The largest absolute Gasteiger partial charge is 0.396 e. The zero-order valence-corrected chi connectivity index (χ0v) is 13.7. The molecule has 0 aliphatic carbocycles. The van der Waals surface area contributed by atoms with E-state index in [0.717, 1.165) is 31.0 Å². The lowest BCUT2D eigenvalue weighted by molar-refractivity contribution is 0.163. The molecule has 1 aromatic carbocycles. The molecular weight excluding hydrogens is 276 g/mol. The van der Waals surface area contributed by atoms with Gasteiger partial charge < -0.3 is 5.11 Å². The summed E-state index contributed by atoms with van der Waals surface area (Å²) >= 11 is 0. The summed E-state index contributed by atoms with van der Waals surface area (Å²) in [6, 6.07) is 9.99. The fourth-order valence-electron chi connectivity index (χ4n) is 2.45. The summed E-state index contributed by atoms with van der Waals surface area (Å²) in [4.78, 5) is 6.72. The van der Waals surface area contributed by atoms with Crippen LogP contribution in [0.5, 0.6) is 0 Å². The van der Waals surface area contributed by atoms with Crippen molar-refractivity contribution in [1.82, 2.24) is 19.7 Å². The van der Waals surface area contributed by atoms with Crippen molar-refractivity contribution in [2.24, 2.45) is 5.41 Å². The van der Waals surface area contributed by atoms with Gasteiger partial charge in [0, 0.05) is 19.7 Å². The van der Waals surface area contributed by atoms with E-state index in [1.807, 2.05) is 30.3 Å². The van der Waals surface area contributed by atoms with Gasteiger partial charge in [-0.3, -0.25) is 4.90 Å². The molecule has 0 amide bonds. The maximum Gasteiger partial charge on any atom is 0.164 e. The highest BCUT2D eigenvalue weighted by molar-refractivity contribution is 5.29. The molecule has 0 saturated carbocycles. The summed E-state index contributed by atoms with van der Waals surface area (Å²) < 4.78 is 1.80. The molecule has 0 radical (unpaired) electrons. The minimum Gasteiger partial charge on any atom is -0.396 e. The Bertz CT molecular complexity index is 560. The molecule has 0 atom stereocenters. The van der Waals surface area contributed by atoms with E-state index in [2.05, 4.69) is 35.8 Å². The van der Waals surface area contributed by atoms with Crippen LogP contribution in [0.2, 0.25) is 0 Å². The van der Waals surface area contributed by atoms with Gasteiger partial charge in [-0.05, 0) is 24.0 Å². The van der Waals surface area contributed by atoms with Gasteiger partial charge in [0.15, 0.2) is 5.82 Å². The molecule has 22 heavy (non-hydrogen) atoms. The lowest BCUT2D eigenvalue weighted by Gasteiger charge is -2.28. The molecule has 0 unspecified atom stereocenters. The Morgan fingerprint density at radius 3 is 2.55 bits per heavy atom. The van der Waals surface area contributed by atoms with E-state index in [9.17, 15) is 0 Å². The predicted octanol–water partition coefficient (Wildman–Crippen LogP) is 2.50. The molecule has 0 aliphatic heterocycles. The van der Waals surface area contributed by atoms with Crippen molar-refractivity contribution in [1.29, 1.82) is 0 Å². The molecule has 0 fully saturated rings. The first kappa shape index (κ1) is 16.6. The first-order valence-corrected chi connectivity index (χ1v) is 7.77. The normalized spacial score (nSPS) is 12.0. The van der Waals surface area contributed by atoms with E-state index < -0.39 is 0 Å². The average molecular weight is 302 g/mol. The standard InChI is InChI=1S/C17H26N4O/c1-17(2,3)13-20(10-7-11-22)12-16-18-14-21(19-16)15-8-5-4-6-9-15/h4-6,8-9,14,22H,7,10-13H2,1-3H3. The van der Waals surface area contributed by atoms with E-state index in [1.165, 1.54) is 0 Å². The van der Waals surface area contributed by atoms with Gasteiger partial charge in [0.25, 0.3) is 0 Å². The number of aromatic nitrogens is 3. The van der Waals surface area contributed by atoms with Crippen LogP contribution in [0.25, 0.3) is 5.69 Å². The molecule has 2 rings (SSSR count). The molecule has 5 heteroatoms. The summed E-state index contributed by atoms with van der Waals surface area (Å²) in [6.45, 7) is 9.38. The highest BCUT2D eigenvalue weighted by Gasteiger charge is 2.18. The Balaban J connectivity index is 2.05. The van der Waals surface area contributed by atoms with Crippen LogP contribution in [0, 0.1) is 5.41 Å². The Labute approximate surface area is 132 Å². The third-order valence-electron chi connectivity index (χ3n) is 3.26. The maximum atomic E-state index is 9.07. The first-order chi connectivity index (χ1) is 10.5. The Kier molecular flexibility index (Phi) is 5.69. The zero-order chi connectivity index (χ0) is 16.0. The molecule has 1 N–H and O–H groups in total. The van der Waals surface area contributed by atoms with Crippen molar-refractivity contribution in [2.75, 3.05) is 19.7 Å². The number of rotatable bonds is 7. The van der Waals surface area contributed by atoms with Crippen LogP contribution in [0.15, 0.2) is 36.7 Å². The molecule has 0 aliphatic rings. The third-order valence-corrected chi connectivity index (χ3v) is 3.26.